The summed E-state index contributed by atoms with van der Waals surface area (Å²) in [5, 5.41) is 3.08. The highest BCUT2D eigenvalue weighted by atomic mass is 32.2. The lowest BCUT2D eigenvalue weighted by Gasteiger charge is -2.30. The van der Waals surface area contributed by atoms with E-state index in [2.05, 4.69) is 5.32 Å². The Bertz CT molecular complexity index is 1120. The van der Waals surface area contributed by atoms with Crippen molar-refractivity contribution in [3.63, 3.8) is 0 Å². The molecule has 1 aliphatic carbocycles. The fourth-order valence-corrected chi connectivity index (χ4v) is 6.71. The van der Waals surface area contributed by atoms with Gasteiger partial charge in [-0.3, -0.25) is 4.79 Å². The second-order valence-electron chi connectivity index (χ2n) is 11.5. The largest absolute Gasteiger partial charge is 0.444 e. The van der Waals surface area contributed by atoms with Crippen molar-refractivity contribution in [1.82, 2.24) is 14.5 Å². The summed E-state index contributed by atoms with van der Waals surface area (Å²) in [4.78, 5) is 26.6. The van der Waals surface area contributed by atoms with Crippen LogP contribution in [-0.4, -0.2) is 67.4 Å². The number of alkyl halides is 3. The van der Waals surface area contributed by atoms with Crippen LogP contribution in [0.2, 0.25) is 0 Å². The zero-order valence-corrected chi connectivity index (χ0v) is 23.5. The molecule has 8 nitrogen and oxygen atoms in total. The Labute approximate surface area is 222 Å². The summed E-state index contributed by atoms with van der Waals surface area (Å²) in [6.45, 7) is 9.46. The van der Waals surface area contributed by atoms with Crippen LogP contribution in [-0.2, 0) is 25.7 Å². The van der Waals surface area contributed by atoms with E-state index in [0.29, 0.717) is 6.42 Å². The Morgan fingerprint density at radius 1 is 1.11 bits per heavy atom. The minimum Gasteiger partial charge on any atom is -0.444 e. The highest BCUT2D eigenvalue weighted by molar-refractivity contribution is 7.89. The van der Waals surface area contributed by atoms with E-state index in [4.69, 9.17) is 4.74 Å². The van der Waals surface area contributed by atoms with Crippen molar-refractivity contribution in [3.8, 4) is 0 Å². The standard InChI is InChI=1S/C26H38F3N3O5S/c1-16(13-17(2)31(6)24(34)37-25(3,4)5)23(33)30-22-12-7-18-14-32(15-21(18)22)38(35,36)20-10-8-19(9-11-20)26(27,28)29/h8-11,16-18,21-22H,7,12-15H2,1-6H3,(H,30,33)/t16-,17?,18-,21+,22+/m0/s1. The quantitative estimate of drug-likeness (QED) is 0.529. The molecule has 214 valence electrons. The zero-order chi connectivity index (χ0) is 28.6. The third-order valence-electron chi connectivity index (χ3n) is 7.46. The van der Waals surface area contributed by atoms with Crippen LogP contribution in [0.25, 0.3) is 0 Å². The number of amides is 2. The predicted molar refractivity (Wildman–Crippen MR) is 136 cm³/mol. The number of hydrogen-bond donors (Lipinski definition) is 1. The third-order valence-corrected chi connectivity index (χ3v) is 9.30. The molecular weight excluding hydrogens is 523 g/mol. The molecule has 38 heavy (non-hydrogen) atoms. The molecule has 0 radical (unpaired) electrons. The number of ether oxygens (including phenoxy) is 1. The van der Waals surface area contributed by atoms with E-state index >= 15 is 0 Å². The number of nitrogens with zero attached hydrogens (tertiary/aromatic N) is 2. The number of carbonyl (C=O) groups is 2. The van der Waals surface area contributed by atoms with Gasteiger partial charge in [-0.25, -0.2) is 13.2 Å². The van der Waals surface area contributed by atoms with Gasteiger partial charge in [0.25, 0.3) is 0 Å². The number of halogens is 3. The van der Waals surface area contributed by atoms with E-state index in [1.807, 2.05) is 6.92 Å². The molecule has 0 spiro atoms. The molecule has 1 saturated heterocycles. The smallest absolute Gasteiger partial charge is 0.416 e. The molecule has 1 aromatic carbocycles. The first-order valence-corrected chi connectivity index (χ1v) is 14.3. The summed E-state index contributed by atoms with van der Waals surface area (Å²) in [5.41, 5.74) is -1.53. The molecule has 5 atom stereocenters. The molecular formula is C26H38F3N3O5S. The van der Waals surface area contributed by atoms with E-state index < -0.39 is 33.5 Å². The molecule has 1 aromatic rings. The van der Waals surface area contributed by atoms with Crippen molar-refractivity contribution in [1.29, 1.82) is 0 Å². The fourth-order valence-electron chi connectivity index (χ4n) is 5.18. The topological polar surface area (TPSA) is 96.0 Å². The maximum Gasteiger partial charge on any atom is 0.416 e. The van der Waals surface area contributed by atoms with Gasteiger partial charge in [-0.15, -0.1) is 0 Å². The van der Waals surface area contributed by atoms with Gasteiger partial charge in [-0.05, 0) is 83.1 Å². The lowest BCUT2D eigenvalue weighted by atomic mass is 9.96. The Morgan fingerprint density at radius 3 is 2.26 bits per heavy atom. The average molecular weight is 562 g/mol. The zero-order valence-electron chi connectivity index (χ0n) is 22.7. The first kappa shape index (κ1) is 30.2. The van der Waals surface area contributed by atoms with E-state index in [1.54, 1.807) is 34.7 Å². The maximum absolute atomic E-state index is 13.1. The van der Waals surface area contributed by atoms with Crippen LogP contribution in [0, 0.1) is 17.8 Å². The lowest BCUT2D eigenvalue weighted by molar-refractivity contribution is -0.137. The van der Waals surface area contributed by atoms with Crippen LogP contribution in [0.1, 0.15) is 59.4 Å². The lowest BCUT2D eigenvalue weighted by Crippen LogP contribution is -2.45. The minimum absolute atomic E-state index is 0.0667. The van der Waals surface area contributed by atoms with Crippen LogP contribution in [0.3, 0.4) is 0 Å². The van der Waals surface area contributed by atoms with Crippen molar-refractivity contribution < 1.29 is 35.9 Å². The van der Waals surface area contributed by atoms with Crippen LogP contribution < -0.4 is 5.32 Å². The van der Waals surface area contributed by atoms with Gasteiger partial charge in [-0.2, -0.15) is 17.5 Å². The number of rotatable bonds is 7. The first-order valence-electron chi connectivity index (χ1n) is 12.8. The number of nitrogens with one attached hydrogen (secondary N) is 1. The van der Waals surface area contributed by atoms with Crippen molar-refractivity contribution in [2.24, 2.45) is 17.8 Å². The molecule has 1 unspecified atom stereocenters. The van der Waals surface area contributed by atoms with Gasteiger partial charge in [0.2, 0.25) is 15.9 Å². The third kappa shape index (κ3) is 6.99. The molecule has 0 aromatic heterocycles. The normalized spacial score (nSPS) is 24.0. The van der Waals surface area contributed by atoms with Gasteiger partial charge in [0.05, 0.1) is 10.5 Å². The first-order chi connectivity index (χ1) is 17.4. The molecule has 2 fully saturated rings. The van der Waals surface area contributed by atoms with Crippen molar-refractivity contribution in [3.05, 3.63) is 29.8 Å². The number of sulfonamides is 1. The molecule has 1 heterocycles. The highest BCUT2D eigenvalue weighted by Gasteiger charge is 2.47. The van der Waals surface area contributed by atoms with Gasteiger partial charge < -0.3 is 15.0 Å². The summed E-state index contributed by atoms with van der Waals surface area (Å²) in [6, 6.07) is 3.09. The molecule has 1 aliphatic heterocycles. The Balaban J connectivity index is 1.58. The average Bonchev–Trinajstić information content (AvgIpc) is 3.39. The van der Waals surface area contributed by atoms with Crippen molar-refractivity contribution >= 4 is 22.0 Å². The van der Waals surface area contributed by atoms with Crippen LogP contribution in [0.4, 0.5) is 18.0 Å². The second-order valence-corrected chi connectivity index (χ2v) is 13.5. The molecule has 12 heteroatoms. The summed E-state index contributed by atoms with van der Waals surface area (Å²) >= 11 is 0. The van der Waals surface area contributed by atoms with Gasteiger partial charge in [0.1, 0.15) is 5.60 Å². The van der Waals surface area contributed by atoms with E-state index in [1.165, 1.54) is 9.21 Å². The van der Waals surface area contributed by atoms with E-state index in [9.17, 15) is 31.2 Å². The van der Waals surface area contributed by atoms with Crippen molar-refractivity contribution in [2.45, 2.75) is 82.6 Å². The fraction of sp³-hybridized carbons (Fsp3) is 0.692. The molecule has 3 rings (SSSR count). The summed E-state index contributed by atoms with van der Waals surface area (Å²) in [5.74, 6) is -0.555. The SMILES string of the molecule is CC(C[C@H](C)C(=O)N[C@@H]1CC[C@H]2CN(S(=O)(=O)c3ccc(C(F)(F)F)cc3)C[C@H]21)N(C)C(=O)OC(C)(C)C. The minimum atomic E-state index is -4.54. The predicted octanol–water partition coefficient (Wildman–Crippen LogP) is 4.50. The summed E-state index contributed by atoms with van der Waals surface area (Å²) in [7, 11) is -2.32. The van der Waals surface area contributed by atoms with Crippen LogP contribution in [0.15, 0.2) is 29.2 Å². The maximum atomic E-state index is 13.1. The van der Waals surface area contributed by atoms with Crippen LogP contribution >= 0.6 is 0 Å². The number of hydrogen-bond acceptors (Lipinski definition) is 5. The molecule has 2 amide bonds. The number of benzene rings is 1. The second kappa shape index (κ2) is 11.0. The molecule has 0 bridgehead atoms. The highest BCUT2D eigenvalue weighted by Crippen LogP contribution is 2.40. The Morgan fingerprint density at radius 2 is 1.71 bits per heavy atom. The molecule has 1 N–H and O–H groups in total. The van der Waals surface area contributed by atoms with Gasteiger partial charge in [-0.1, -0.05) is 6.92 Å². The van der Waals surface area contributed by atoms with E-state index in [-0.39, 0.29) is 53.7 Å². The summed E-state index contributed by atoms with van der Waals surface area (Å²) < 4.78 is 71.5. The van der Waals surface area contributed by atoms with Crippen LogP contribution in [0.5, 0.6) is 0 Å². The van der Waals surface area contributed by atoms with Gasteiger partial charge in [0.15, 0.2) is 0 Å². The summed E-state index contributed by atoms with van der Waals surface area (Å²) in [6.07, 6.45) is -3.10. The Kier molecular flexibility index (Phi) is 8.77. The van der Waals surface area contributed by atoms with Gasteiger partial charge >= 0.3 is 12.3 Å². The number of fused-ring (bicyclic) bond motifs is 1. The molecule has 1 saturated carbocycles. The van der Waals surface area contributed by atoms with Crippen molar-refractivity contribution in [2.75, 3.05) is 20.1 Å². The van der Waals surface area contributed by atoms with E-state index in [0.717, 1.165) is 37.1 Å². The number of carbonyl (C=O) groups excluding carboxylic acids is 2. The molecule has 2 aliphatic rings. The Hall–Kier alpha value is -2.34. The van der Waals surface area contributed by atoms with Gasteiger partial charge in [0, 0.05) is 38.1 Å². The monoisotopic (exact) mass is 561 g/mol.